The number of nitrogens with one attached hydrogen (secondary N) is 1. The Bertz CT molecular complexity index is 1060. The van der Waals surface area contributed by atoms with E-state index >= 15 is 0 Å². The van der Waals surface area contributed by atoms with Crippen LogP contribution in [0.25, 0.3) is 0 Å². The molecule has 0 fully saturated rings. The molecule has 1 aromatic heterocycles. The molecule has 1 aliphatic heterocycles. The van der Waals surface area contributed by atoms with Gasteiger partial charge in [0, 0.05) is 11.6 Å². The Morgan fingerprint density at radius 2 is 1.97 bits per heavy atom. The molecular weight excluding hydrogens is 456 g/mol. The molecule has 0 radical (unpaired) electrons. The van der Waals surface area contributed by atoms with Gasteiger partial charge in [0.25, 0.3) is 0 Å². The summed E-state index contributed by atoms with van der Waals surface area (Å²) in [6, 6.07) is 4.46. The topological polar surface area (TPSA) is 79.1 Å². The van der Waals surface area contributed by atoms with Crippen molar-refractivity contribution in [3.05, 3.63) is 51.1 Å². The van der Waals surface area contributed by atoms with Gasteiger partial charge in [0.1, 0.15) is 23.8 Å². The Labute approximate surface area is 186 Å². The highest BCUT2D eigenvalue weighted by Gasteiger charge is 2.37. The first-order chi connectivity index (χ1) is 14.6. The minimum atomic E-state index is -4.68. The number of methoxy groups -OCH3 is 1. The molecule has 166 valence electrons. The van der Waals surface area contributed by atoms with E-state index in [1.165, 1.54) is 25.3 Å². The lowest BCUT2D eigenvalue weighted by Gasteiger charge is -2.17. The summed E-state index contributed by atoms with van der Waals surface area (Å²) < 4.78 is 45.8. The number of benzene rings is 1. The van der Waals surface area contributed by atoms with Crippen LogP contribution in [0, 0.1) is 0 Å². The lowest BCUT2D eigenvalue weighted by molar-refractivity contribution is -0.137. The van der Waals surface area contributed by atoms with Gasteiger partial charge in [0.2, 0.25) is 5.88 Å². The molecule has 0 amide bonds. The summed E-state index contributed by atoms with van der Waals surface area (Å²) >= 11 is 12.6. The number of amidine groups is 1. The molecule has 0 spiro atoms. The number of alkyl halides is 3. The fourth-order valence-electron chi connectivity index (χ4n) is 2.97. The standard InChI is InChI=1S/C20H19Cl2F3N4O2/c1-4-13(30)28-19-9(2)26-18(17-11(21)6-8-14(29-17)31-3)15-12(27-19)7-5-10(16(15)22)20(23,24)25/h5-9,13,30H,4H2,1-3H3,(H,27,28)/t9-,13?/m0/s1. The van der Waals surface area contributed by atoms with E-state index < -0.39 is 29.0 Å². The molecule has 6 nitrogen and oxygen atoms in total. The van der Waals surface area contributed by atoms with Crippen LogP contribution in [0.3, 0.4) is 0 Å². The summed E-state index contributed by atoms with van der Waals surface area (Å²) in [5, 5.41) is 12.5. The summed E-state index contributed by atoms with van der Waals surface area (Å²) in [6.07, 6.45) is -5.34. The summed E-state index contributed by atoms with van der Waals surface area (Å²) in [6.45, 7) is 3.41. The molecule has 1 aliphatic rings. The van der Waals surface area contributed by atoms with E-state index in [9.17, 15) is 18.3 Å². The molecule has 2 N–H and O–H groups in total. The fourth-order valence-corrected chi connectivity index (χ4v) is 3.52. The molecule has 0 saturated carbocycles. The summed E-state index contributed by atoms with van der Waals surface area (Å²) in [4.78, 5) is 13.0. The van der Waals surface area contributed by atoms with Crippen LogP contribution in [0.15, 0.2) is 34.3 Å². The molecule has 0 saturated heterocycles. The third-order valence-electron chi connectivity index (χ3n) is 4.57. The number of benzodiazepines with no additional fused rings is 1. The maximum absolute atomic E-state index is 13.6. The molecule has 2 atom stereocenters. The first-order valence-corrected chi connectivity index (χ1v) is 10.0. The van der Waals surface area contributed by atoms with Crippen LogP contribution in [-0.4, -0.2) is 41.0 Å². The average Bonchev–Trinajstić information content (AvgIpc) is 2.84. The Morgan fingerprint density at radius 1 is 1.26 bits per heavy atom. The van der Waals surface area contributed by atoms with Crippen molar-refractivity contribution in [2.75, 3.05) is 12.4 Å². The van der Waals surface area contributed by atoms with Crippen LogP contribution in [0.4, 0.5) is 18.9 Å². The molecular formula is C20H19Cl2F3N4O2. The Hall–Kier alpha value is -2.36. The van der Waals surface area contributed by atoms with E-state index in [0.29, 0.717) is 6.42 Å². The molecule has 31 heavy (non-hydrogen) atoms. The fraction of sp³-hybridized carbons (Fsp3) is 0.350. The highest BCUT2D eigenvalue weighted by Crippen LogP contribution is 2.41. The number of hydrogen-bond acceptors (Lipinski definition) is 5. The number of aliphatic hydroxyl groups excluding tert-OH is 1. The van der Waals surface area contributed by atoms with Crippen molar-refractivity contribution < 1.29 is 23.0 Å². The number of nitrogens with zero attached hydrogens (tertiary/aromatic N) is 3. The molecule has 0 aliphatic carbocycles. The number of halogens is 5. The van der Waals surface area contributed by atoms with Gasteiger partial charge in [-0.1, -0.05) is 30.1 Å². The Morgan fingerprint density at radius 3 is 2.58 bits per heavy atom. The predicted octanol–water partition coefficient (Wildman–Crippen LogP) is 5.19. The van der Waals surface area contributed by atoms with Gasteiger partial charge in [-0.3, -0.25) is 4.99 Å². The van der Waals surface area contributed by atoms with Crippen molar-refractivity contribution in [1.29, 1.82) is 0 Å². The Balaban J connectivity index is 2.34. The van der Waals surface area contributed by atoms with Crippen LogP contribution in [0.5, 0.6) is 5.88 Å². The number of ether oxygens (including phenoxy) is 1. The SMILES string of the molecule is CCC(O)/N=C1\Nc2ccc(C(F)(F)F)c(Cl)c2C(c2nc(OC)ccc2Cl)=N[C@H]1C. The summed E-state index contributed by atoms with van der Waals surface area (Å²) in [7, 11) is 1.40. The van der Waals surface area contributed by atoms with Crippen molar-refractivity contribution in [3.8, 4) is 5.88 Å². The van der Waals surface area contributed by atoms with Gasteiger partial charge < -0.3 is 15.2 Å². The lowest BCUT2D eigenvalue weighted by atomic mass is 10.0. The van der Waals surface area contributed by atoms with Gasteiger partial charge in [-0.2, -0.15) is 13.2 Å². The number of aromatic nitrogens is 1. The monoisotopic (exact) mass is 474 g/mol. The molecule has 2 heterocycles. The molecule has 0 bridgehead atoms. The third-order valence-corrected chi connectivity index (χ3v) is 5.27. The second-order valence-corrected chi connectivity index (χ2v) is 7.50. The van der Waals surface area contributed by atoms with Gasteiger partial charge >= 0.3 is 6.18 Å². The largest absolute Gasteiger partial charge is 0.481 e. The summed E-state index contributed by atoms with van der Waals surface area (Å²) in [5.74, 6) is 0.465. The second-order valence-electron chi connectivity index (χ2n) is 6.71. The van der Waals surface area contributed by atoms with Crippen molar-refractivity contribution in [2.45, 2.75) is 38.7 Å². The first kappa shape index (κ1) is 23.3. The zero-order valence-electron chi connectivity index (χ0n) is 16.8. The number of rotatable bonds is 4. The molecule has 1 aromatic carbocycles. The number of anilines is 1. The summed E-state index contributed by atoms with van der Waals surface area (Å²) in [5.41, 5.74) is -0.672. The third kappa shape index (κ3) is 4.78. The highest BCUT2D eigenvalue weighted by atomic mass is 35.5. The van der Waals surface area contributed by atoms with Crippen molar-refractivity contribution in [3.63, 3.8) is 0 Å². The van der Waals surface area contributed by atoms with Crippen LogP contribution < -0.4 is 10.1 Å². The number of aliphatic hydroxyl groups is 1. The van der Waals surface area contributed by atoms with Crippen LogP contribution in [0.2, 0.25) is 10.0 Å². The van der Waals surface area contributed by atoms with Crippen molar-refractivity contribution in [1.82, 2.24) is 4.98 Å². The normalized spacial score (nSPS) is 18.7. The van der Waals surface area contributed by atoms with Gasteiger partial charge in [-0.15, -0.1) is 0 Å². The van der Waals surface area contributed by atoms with Crippen LogP contribution in [-0.2, 0) is 6.18 Å². The quantitative estimate of drug-likeness (QED) is 0.638. The first-order valence-electron chi connectivity index (χ1n) is 9.28. The van der Waals surface area contributed by atoms with Gasteiger partial charge in [0.05, 0.1) is 34.1 Å². The van der Waals surface area contributed by atoms with Gasteiger partial charge in [-0.25, -0.2) is 9.98 Å². The van der Waals surface area contributed by atoms with E-state index in [1.807, 2.05) is 0 Å². The van der Waals surface area contributed by atoms with E-state index in [4.69, 9.17) is 27.9 Å². The van der Waals surface area contributed by atoms with Gasteiger partial charge in [-0.05, 0) is 31.5 Å². The zero-order valence-corrected chi connectivity index (χ0v) is 18.3. The molecule has 3 rings (SSSR count). The van der Waals surface area contributed by atoms with Crippen LogP contribution in [0.1, 0.15) is 37.1 Å². The van der Waals surface area contributed by atoms with Crippen molar-refractivity contribution >= 4 is 40.4 Å². The smallest absolute Gasteiger partial charge is 0.417 e. The van der Waals surface area contributed by atoms with E-state index in [2.05, 4.69) is 20.3 Å². The predicted molar refractivity (Wildman–Crippen MR) is 115 cm³/mol. The van der Waals surface area contributed by atoms with Crippen molar-refractivity contribution in [2.24, 2.45) is 9.98 Å². The van der Waals surface area contributed by atoms with Crippen LogP contribution >= 0.6 is 23.2 Å². The molecule has 11 heteroatoms. The second kappa shape index (κ2) is 9.02. The number of fused-ring (bicyclic) bond motifs is 1. The zero-order chi connectivity index (χ0) is 22.9. The number of hydrogen-bond donors (Lipinski definition) is 2. The molecule has 2 aromatic rings. The maximum atomic E-state index is 13.6. The van der Waals surface area contributed by atoms with E-state index in [0.717, 1.165) is 6.07 Å². The maximum Gasteiger partial charge on any atom is 0.417 e. The minimum Gasteiger partial charge on any atom is -0.481 e. The Kier molecular flexibility index (Phi) is 6.78. The average molecular weight is 475 g/mol. The van der Waals surface area contributed by atoms with E-state index in [-0.39, 0.29) is 39.4 Å². The highest BCUT2D eigenvalue weighted by molar-refractivity contribution is 6.40. The minimum absolute atomic E-state index is 0.0258. The molecule has 1 unspecified atom stereocenters. The lowest BCUT2D eigenvalue weighted by Crippen LogP contribution is -2.25. The van der Waals surface area contributed by atoms with E-state index in [1.54, 1.807) is 13.8 Å². The number of aliphatic imine (C=N–C) groups is 2. The van der Waals surface area contributed by atoms with Gasteiger partial charge in [0.15, 0.2) is 0 Å². The number of pyridine rings is 1.